The van der Waals surface area contributed by atoms with Crippen molar-refractivity contribution in [3.8, 4) is 0 Å². The number of carbonyl (C=O) groups is 1. The normalized spacial score (nSPS) is 15.5. The van der Waals surface area contributed by atoms with Crippen molar-refractivity contribution in [2.75, 3.05) is 33.8 Å². The van der Waals surface area contributed by atoms with Gasteiger partial charge in [0.25, 0.3) is 0 Å². The highest BCUT2D eigenvalue weighted by Gasteiger charge is 2.42. The van der Waals surface area contributed by atoms with Crippen molar-refractivity contribution in [3.05, 3.63) is 35.4 Å². The van der Waals surface area contributed by atoms with E-state index in [0.717, 1.165) is 50.4 Å². The molecule has 7 heteroatoms. The third-order valence-electron chi connectivity index (χ3n) is 5.27. The number of nitrogens with zero attached hydrogens (tertiary/aromatic N) is 2. The quantitative estimate of drug-likeness (QED) is 0.300. The predicted octanol–water partition coefficient (Wildman–Crippen LogP) is 3.54. The molecule has 0 aliphatic heterocycles. The van der Waals surface area contributed by atoms with Gasteiger partial charge in [-0.1, -0.05) is 37.1 Å². The Balaban J connectivity index is 0.00000420. The average Bonchev–Trinajstić information content (AvgIpc) is 3.18. The minimum Gasteiger partial charge on any atom is -0.377 e. The highest BCUT2D eigenvalue weighted by Crippen LogP contribution is 2.38. The molecule has 29 heavy (non-hydrogen) atoms. The number of carbonyl (C=O) groups excluding carboxylic acids is 1. The maximum atomic E-state index is 12.7. The average molecular weight is 516 g/mol. The standard InChI is InChI=1S/C22H36N4O2.HI/c1-5-23-21(24-15-18-9-11-19(12-10-18)16-28-6-2)25-17-22(13-7-8-14-22)20(27)26(3)4;/h9-12H,5-8,13-17H2,1-4H3,(H2,23,24,25);1H. The van der Waals surface area contributed by atoms with Gasteiger partial charge in [-0.25, -0.2) is 4.99 Å². The lowest BCUT2D eigenvalue weighted by Gasteiger charge is -2.31. The second-order valence-electron chi connectivity index (χ2n) is 7.69. The number of hydrogen-bond acceptors (Lipinski definition) is 3. The zero-order valence-electron chi connectivity index (χ0n) is 18.3. The van der Waals surface area contributed by atoms with E-state index in [9.17, 15) is 4.79 Å². The molecule has 1 aliphatic rings. The maximum Gasteiger partial charge on any atom is 0.230 e. The van der Waals surface area contributed by atoms with E-state index >= 15 is 0 Å². The van der Waals surface area contributed by atoms with Crippen LogP contribution in [0, 0.1) is 5.41 Å². The van der Waals surface area contributed by atoms with E-state index in [-0.39, 0.29) is 35.3 Å². The Morgan fingerprint density at radius 1 is 1.10 bits per heavy atom. The molecule has 1 saturated carbocycles. The first-order chi connectivity index (χ1) is 13.5. The first-order valence-electron chi connectivity index (χ1n) is 10.4. The fourth-order valence-corrected chi connectivity index (χ4v) is 3.72. The lowest BCUT2D eigenvalue weighted by Crippen LogP contribution is -2.49. The minimum atomic E-state index is -0.305. The summed E-state index contributed by atoms with van der Waals surface area (Å²) in [5.74, 6) is 0.983. The number of amides is 1. The Kier molecular flexibility index (Phi) is 11.6. The molecule has 0 saturated heterocycles. The molecule has 0 spiro atoms. The van der Waals surface area contributed by atoms with Gasteiger partial charge in [0, 0.05) is 33.8 Å². The van der Waals surface area contributed by atoms with Gasteiger partial charge in [0.05, 0.1) is 18.6 Å². The number of benzene rings is 1. The SMILES string of the molecule is CCNC(=NCc1ccc(COCC)cc1)NCC1(C(=O)N(C)C)CCCC1.I. The van der Waals surface area contributed by atoms with Crippen LogP contribution in [-0.4, -0.2) is 50.6 Å². The topological polar surface area (TPSA) is 66.0 Å². The maximum absolute atomic E-state index is 12.7. The number of aliphatic imine (C=N–C) groups is 1. The van der Waals surface area contributed by atoms with Crippen LogP contribution in [0.2, 0.25) is 0 Å². The molecular weight excluding hydrogens is 479 g/mol. The Morgan fingerprint density at radius 2 is 1.72 bits per heavy atom. The van der Waals surface area contributed by atoms with Crippen LogP contribution in [0.1, 0.15) is 50.7 Å². The Morgan fingerprint density at radius 3 is 2.28 bits per heavy atom. The molecule has 2 rings (SSSR count). The van der Waals surface area contributed by atoms with Crippen molar-refractivity contribution in [1.29, 1.82) is 0 Å². The summed E-state index contributed by atoms with van der Waals surface area (Å²) in [6.45, 7) is 7.43. The van der Waals surface area contributed by atoms with Gasteiger partial charge in [0.2, 0.25) is 5.91 Å². The molecule has 0 radical (unpaired) electrons. The molecule has 1 aromatic carbocycles. The van der Waals surface area contributed by atoms with E-state index in [4.69, 9.17) is 9.73 Å². The van der Waals surface area contributed by atoms with Crippen LogP contribution in [0.25, 0.3) is 0 Å². The summed E-state index contributed by atoms with van der Waals surface area (Å²) in [6, 6.07) is 8.36. The van der Waals surface area contributed by atoms with Gasteiger partial charge in [0.15, 0.2) is 5.96 Å². The molecule has 1 aromatic rings. The third kappa shape index (κ3) is 7.77. The largest absolute Gasteiger partial charge is 0.377 e. The second-order valence-corrected chi connectivity index (χ2v) is 7.69. The summed E-state index contributed by atoms with van der Waals surface area (Å²) in [4.78, 5) is 19.2. The number of hydrogen-bond donors (Lipinski definition) is 2. The Labute approximate surface area is 192 Å². The van der Waals surface area contributed by atoms with Gasteiger partial charge in [-0.2, -0.15) is 0 Å². The molecule has 0 heterocycles. The molecule has 6 nitrogen and oxygen atoms in total. The number of ether oxygens (including phenoxy) is 1. The molecule has 0 atom stereocenters. The van der Waals surface area contributed by atoms with E-state index in [0.29, 0.717) is 19.7 Å². The molecular formula is C22H37IN4O2. The van der Waals surface area contributed by atoms with Crippen molar-refractivity contribution < 1.29 is 9.53 Å². The summed E-state index contributed by atoms with van der Waals surface area (Å²) in [5, 5.41) is 6.72. The summed E-state index contributed by atoms with van der Waals surface area (Å²) < 4.78 is 5.44. The molecule has 1 fully saturated rings. The molecule has 2 N–H and O–H groups in total. The number of guanidine groups is 1. The van der Waals surface area contributed by atoms with Crippen molar-refractivity contribution in [1.82, 2.24) is 15.5 Å². The van der Waals surface area contributed by atoms with Gasteiger partial charge >= 0.3 is 0 Å². The minimum absolute atomic E-state index is 0. The molecule has 164 valence electrons. The van der Waals surface area contributed by atoms with E-state index in [1.807, 2.05) is 21.0 Å². The third-order valence-corrected chi connectivity index (χ3v) is 5.27. The number of halogens is 1. The van der Waals surface area contributed by atoms with Gasteiger partial charge in [-0.05, 0) is 37.8 Å². The second kappa shape index (κ2) is 13.1. The fraction of sp³-hybridized carbons (Fsp3) is 0.636. The van der Waals surface area contributed by atoms with Crippen LogP contribution < -0.4 is 10.6 Å². The summed E-state index contributed by atoms with van der Waals surface area (Å²) in [5.41, 5.74) is 2.02. The monoisotopic (exact) mass is 516 g/mol. The molecule has 0 bridgehead atoms. The van der Waals surface area contributed by atoms with Crippen molar-refractivity contribution >= 4 is 35.8 Å². The van der Waals surface area contributed by atoms with Crippen molar-refractivity contribution in [2.45, 2.75) is 52.7 Å². The molecule has 0 unspecified atom stereocenters. The van der Waals surface area contributed by atoms with Crippen molar-refractivity contribution in [3.63, 3.8) is 0 Å². The van der Waals surface area contributed by atoms with Crippen molar-refractivity contribution in [2.24, 2.45) is 10.4 Å². The highest BCUT2D eigenvalue weighted by atomic mass is 127. The van der Waals surface area contributed by atoms with E-state index in [2.05, 4.69) is 41.8 Å². The van der Waals surface area contributed by atoms with Gasteiger partial charge < -0.3 is 20.3 Å². The van der Waals surface area contributed by atoms with Crippen LogP contribution in [0.4, 0.5) is 0 Å². The molecule has 0 aromatic heterocycles. The smallest absolute Gasteiger partial charge is 0.230 e. The van der Waals surface area contributed by atoms with Crippen LogP contribution in [0.3, 0.4) is 0 Å². The first kappa shape index (κ1) is 25.7. The lowest BCUT2D eigenvalue weighted by molar-refractivity contribution is -0.138. The van der Waals surface area contributed by atoms with Crippen LogP contribution >= 0.6 is 24.0 Å². The summed E-state index contributed by atoms with van der Waals surface area (Å²) in [6.07, 6.45) is 4.11. The Bertz CT molecular complexity index is 641. The summed E-state index contributed by atoms with van der Waals surface area (Å²) >= 11 is 0. The predicted molar refractivity (Wildman–Crippen MR) is 130 cm³/mol. The van der Waals surface area contributed by atoms with E-state index in [1.165, 1.54) is 5.56 Å². The van der Waals surface area contributed by atoms with Gasteiger partial charge in [-0.3, -0.25) is 4.79 Å². The Hall–Kier alpha value is -1.35. The fourth-order valence-electron chi connectivity index (χ4n) is 3.72. The number of nitrogens with one attached hydrogen (secondary N) is 2. The van der Waals surface area contributed by atoms with E-state index in [1.54, 1.807) is 4.90 Å². The van der Waals surface area contributed by atoms with Gasteiger partial charge in [-0.15, -0.1) is 24.0 Å². The zero-order valence-corrected chi connectivity index (χ0v) is 20.6. The van der Waals surface area contributed by atoms with Crippen LogP contribution in [0.15, 0.2) is 29.3 Å². The molecule has 1 aliphatic carbocycles. The molecule has 1 amide bonds. The van der Waals surface area contributed by atoms with Crippen LogP contribution in [-0.2, 0) is 22.7 Å². The first-order valence-corrected chi connectivity index (χ1v) is 10.4. The summed E-state index contributed by atoms with van der Waals surface area (Å²) in [7, 11) is 3.69. The van der Waals surface area contributed by atoms with Crippen LogP contribution in [0.5, 0.6) is 0 Å². The van der Waals surface area contributed by atoms with E-state index < -0.39 is 0 Å². The highest BCUT2D eigenvalue weighted by molar-refractivity contribution is 14.0. The zero-order chi connectivity index (χ0) is 20.4. The lowest BCUT2D eigenvalue weighted by atomic mass is 9.84. The number of rotatable bonds is 9. The van der Waals surface area contributed by atoms with Gasteiger partial charge in [0.1, 0.15) is 0 Å².